The van der Waals surface area contributed by atoms with Gasteiger partial charge in [-0.25, -0.2) is 16.8 Å². The van der Waals surface area contributed by atoms with Gasteiger partial charge in [0.15, 0.2) is 0 Å². The molecule has 1 amide bonds. The SMILES string of the molecule is COc1ccc(OC)c(NS(=O)(=O)c2ccc(NC(=O)CN(c3ccc(Br)cc3)S(=O)(=O)c3ccc(C)cc3)cc2)c1. The topological polar surface area (TPSA) is 131 Å². The molecule has 0 bridgehead atoms. The number of benzene rings is 4. The van der Waals surface area contributed by atoms with Gasteiger partial charge in [0.2, 0.25) is 5.91 Å². The molecule has 0 aromatic heterocycles. The molecule has 0 atom stereocenters. The van der Waals surface area contributed by atoms with Crippen molar-refractivity contribution in [1.29, 1.82) is 0 Å². The molecule has 0 saturated heterocycles. The minimum atomic E-state index is -4.09. The van der Waals surface area contributed by atoms with E-state index in [9.17, 15) is 21.6 Å². The second-order valence-electron chi connectivity index (χ2n) is 9.05. The van der Waals surface area contributed by atoms with Gasteiger partial charge < -0.3 is 14.8 Å². The zero-order valence-corrected chi connectivity index (χ0v) is 26.1. The van der Waals surface area contributed by atoms with E-state index in [0.717, 1.165) is 14.3 Å². The van der Waals surface area contributed by atoms with Crippen LogP contribution in [0.1, 0.15) is 5.56 Å². The molecule has 2 N–H and O–H groups in total. The third-order valence-corrected chi connectivity index (χ3v) is 9.81. The average Bonchev–Trinajstić information content (AvgIpc) is 2.96. The largest absolute Gasteiger partial charge is 0.497 e. The van der Waals surface area contributed by atoms with Crippen LogP contribution in [0.3, 0.4) is 0 Å². The number of rotatable bonds is 11. The summed E-state index contributed by atoms with van der Waals surface area (Å²) in [6.45, 7) is 1.33. The number of ether oxygens (including phenoxy) is 2. The number of carbonyl (C=O) groups is 1. The summed E-state index contributed by atoms with van der Waals surface area (Å²) in [5.74, 6) is 0.121. The van der Waals surface area contributed by atoms with Crippen LogP contribution < -0.4 is 23.8 Å². The molecule has 0 fully saturated rings. The van der Waals surface area contributed by atoms with Crippen molar-refractivity contribution in [1.82, 2.24) is 0 Å². The van der Waals surface area contributed by atoms with Gasteiger partial charge in [0.25, 0.3) is 20.0 Å². The molecule has 42 heavy (non-hydrogen) atoms. The molecular formula is C29H28BrN3O7S2. The first kappa shape index (κ1) is 30.9. The normalized spacial score (nSPS) is 11.4. The minimum Gasteiger partial charge on any atom is -0.497 e. The Morgan fingerprint density at radius 2 is 1.43 bits per heavy atom. The Labute approximate surface area is 253 Å². The predicted octanol–water partition coefficient (Wildman–Crippen LogP) is 5.41. The molecule has 0 unspecified atom stereocenters. The van der Waals surface area contributed by atoms with Crippen LogP contribution in [-0.4, -0.2) is 43.5 Å². The molecule has 220 valence electrons. The maximum Gasteiger partial charge on any atom is 0.264 e. The number of anilines is 3. The average molecular weight is 675 g/mol. The highest BCUT2D eigenvalue weighted by atomic mass is 79.9. The van der Waals surface area contributed by atoms with Crippen molar-refractivity contribution in [3.05, 3.63) is 101 Å². The van der Waals surface area contributed by atoms with Crippen molar-refractivity contribution < 1.29 is 31.1 Å². The number of hydrogen-bond acceptors (Lipinski definition) is 7. The van der Waals surface area contributed by atoms with E-state index in [0.29, 0.717) is 17.2 Å². The fraction of sp³-hybridized carbons (Fsp3) is 0.138. The second kappa shape index (κ2) is 12.8. The molecule has 0 spiro atoms. The highest BCUT2D eigenvalue weighted by Crippen LogP contribution is 2.31. The third-order valence-electron chi connectivity index (χ3n) is 6.11. The van der Waals surface area contributed by atoms with Crippen LogP contribution in [0.15, 0.2) is 105 Å². The fourth-order valence-electron chi connectivity index (χ4n) is 3.91. The third kappa shape index (κ3) is 7.22. The van der Waals surface area contributed by atoms with E-state index < -0.39 is 32.5 Å². The Bertz CT molecular complexity index is 1780. The zero-order valence-electron chi connectivity index (χ0n) is 22.9. The lowest BCUT2D eigenvalue weighted by molar-refractivity contribution is -0.114. The predicted molar refractivity (Wildman–Crippen MR) is 165 cm³/mol. The molecular weight excluding hydrogens is 646 g/mol. The molecule has 0 aliphatic rings. The Balaban J connectivity index is 1.53. The van der Waals surface area contributed by atoms with Gasteiger partial charge in [-0.2, -0.15) is 0 Å². The van der Waals surface area contributed by atoms with Crippen molar-refractivity contribution in [2.24, 2.45) is 0 Å². The van der Waals surface area contributed by atoms with Gasteiger partial charge in [0.1, 0.15) is 18.0 Å². The van der Waals surface area contributed by atoms with Crippen molar-refractivity contribution in [3.63, 3.8) is 0 Å². The van der Waals surface area contributed by atoms with Gasteiger partial charge in [-0.15, -0.1) is 0 Å². The highest BCUT2D eigenvalue weighted by molar-refractivity contribution is 9.10. The van der Waals surface area contributed by atoms with E-state index in [2.05, 4.69) is 26.0 Å². The molecule has 0 aliphatic carbocycles. The van der Waals surface area contributed by atoms with Gasteiger partial charge in [0.05, 0.1) is 35.4 Å². The van der Waals surface area contributed by atoms with E-state index in [4.69, 9.17) is 9.47 Å². The van der Waals surface area contributed by atoms with Crippen LogP contribution in [0.25, 0.3) is 0 Å². The maximum absolute atomic E-state index is 13.6. The summed E-state index contributed by atoms with van der Waals surface area (Å²) >= 11 is 3.34. The smallest absolute Gasteiger partial charge is 0.264 e. The zero-order chi connectivity index (χ0) is 30.5. The second-order valence-corrected chi connectivity index (χ2v) is 13.5. The molecule has 0 radical (unpaired) electrons. The van der Waals surface area contributed by atoms with Crippen molar-refractivity contribution in [2.45, 2.75) is 16.7 Å². The number of amides is 1. The van der Waals surface area contributed by atoms with Crippen molar-refractivity contribution in [2.75, 3.05) is 35.1 Å². The first-order valence-corrected chi connectivity index (χ1v) is 16.1. The summed E-state index contributed by atoms with van der Waals surface area (Å²) in [5, 5.41) is 2.64. The van der Waals surface area contributed by atoms with Crippen LogP contribution in [0.2, 0.25) is 0 Å². The number of halogens is 1. The monoisotopic (exact) mass is 673 g/mol. The van der Waals surface area contributed by atoms with Crippen LogP contribution in [-0.2, 0) is 24.8 Å². The van der Waals surface area contributed by atoms with E-state index in [1.165, 1.54) is 56.7 Å². The summed E-state index contributed by atoms with van der Waals surface area (Å²) in [4.78, 5) is 13.0. The molecule has 13 heteroatoms. The van der Waals surface area contributed by atoms with Gasteiger partial charge in [0, 0.05) is 16.2 Å². The van der Waals surface area contributed by atoms with Gasteiger partial charge >= 0.3 is 0 Å². The summed E-state index contributed by atoms with van der Waals surface area (Å²) in [7, 11) is -5.23. The van der Waals surface area contributed by atoms with Crippen LogP contribution >= 0.6 is 15.9 Å². The molecule has 4 aromatic carbocycles. The van der Waals surface area contributed by atoms with Crippen molar-refractivity contribution >= 4 is 58.9 Å². The summed E-state index contributed by atoms with van der Waals surface area (Å²) in [6, 6.07) is 23.0. The highest BCUT2D eigenvalue weighted by Gasteiger charge is 2.27. The number of methoxy groups -OCH3 is 2. The Morgan fingerprint density at radius 1 is 0.810 bits per heavy atom. The quantitative estimate of drug-likeness (QED) is 0.218. The molecule has 0 heterocycles. The summed E-state index contributed by atoms with van der Waals surface area (Å²) < 4.78 is 67.8. The summed E-state index contributed by atoms with van der Waals surface area (Å²) in [6.07, 6.45) is 0. The standard InChI is InChI=1S/C29H28BrN3O7S2/c1-20-4-13-26(14-5-20)42(37,38)33(23-10-6-21(30)7-11-23)19-29(34)31-22-8-15-25(16-9-22)41(35,36)32-27-18-24(39-2)12-17-28(27)40-3/h4-18,32H,19H2,1-3H3,(H,31,34). The minimum absolute atomic E-state index is 0.0403. The van der Waals surface area contributed by atoms with Crippen LogP contribution in [0.5, 0.6) is 11.5 Å². The molecule has 0 aliphatic heterocycles. The van der Waals surface area contributed by atoms with E-state index in [1.807, 2.05) is 6.92 Å². The van der Waals surface area contributed by atoms with Crippen molar-refractivity contribution in [3.8, 4) is 11.5 Å². The number of hydrogen-bond donors (Lipinski definition) is 2. The number of nitrogens with one attached hydrogen (secondary N) is 2. The number of nitrogens with zero attached hydrogens (tertiary/aromatic N) is 1. The lowest BCUT2D eigenvalue weighted by Gasteiger charge is -2.24. The first-order valence-electron chi connectivity index (χ1n) is 12.4. The molecule has 4 rings (SSSR count). The van der Waals surface area contributed by atoms with E-state index in [-0.39, 0.29) is 21.2 Å². The lowest BCUT2D eigenvalue weighted by atomic mass is 10.2. The van der Waals surface area contributed by atoms with E-state index >= 15 is 0 Å². The molecule has 4 aromatic rings. The summed E-state index contributed by atoms with van der Waals surface area (Å²) in [5.41, 5.74) is 1.66. The fourth-order valence-corrected chi connectivity index (χ4v) is 6.65. The molecule has 0 saturated carbocycles. The Kier molecular flexibility index (Phi) is 9.44. The van der Waals surface area contributed by atoms with Gasteiger partial charge in [-0.1, -0.05) is 33.6 Å². The van der Waals surface area contributed by atoms with Crippen LogP contribution in [0, 0.1) is 6.92 Å². The van der Waals surface area contributed by atoms with Gasteiger partial charge in [-0.3, -0.25) is 13.8 Å². The van der Waals surface area contributed by atoms with Crippen LogP contribution in [0.4, 0.5) is 17.1 Å². The number of sulfonamides is 2. The number of carbonyl (C=O) groups excluding carboxylic acids is 1. The van der Waals surface area contributed by atoms with Gasteiger partial charge in [-0.05, 0) is 79.7 Å². The molecule has 10 nitrogen and oxygen atoms in total. The first-order chi connectivity index (χ1) is 19.9. The Hall–Kier alpha value is -4.07. The Morgan fingerprint density at radius 3 is 2.02 bits per heavy atom. The lowest BCUT2D eigenvalue weighted by Crippen LogP contribution is -2.38. The maximum atomic E-state index is 13.6. The number of aryl methyl sites for hydroxylation is 1. The van der Waals surface area contributed by atoms with E-state index in [1.54, 1.807) is 48.5 Å².